The van der Waals surface area contributed by atoms with E-state index in [1.54, 1.807) is 20.8 Å². The Labute approximate surface area is 166 Å². The van der Waals surface area contributed by atoms with Crippen LogP contribution in [0.2, 0.25) is 0 Å². The molecule has 10 heteroatoms. The van der Waals surface area contributed by atoms with Gasteiger partial charge < -0.3 is 19.8 Å². The van der Waals surface area contributed by atoms with E-state index in [1.807, 2.05) is 0 Å². The topological polar surface area (TPSA) is 93.9 Å². The number of nitrogens with one attached hydrogen (secondary N) is 1. The molecular formula is C19H24F3N3O4. The zero-order chi connectivity index (χ0) is 21.5. The highest BCUT2D eigenvalue weighted by molar-refractivity contribution is 5.92. The molecule has 1 aliphatic carbocycles. The fourth-order valence-electron chi connectivity index (χ4n) is 3.51. The van der Waals surface area contributed by atoms with Crippen molar-refractivity contribution in [2.24, 2.45) is 5.90 Å². The molecule has 3 N–H and O–H groups in total. The summed E-state index contributed by atoms with van der Waals surface area (Å²) in [5, 5.41) is 2.65. The minimum absolute atomic E-state index is 0.0668. The minimum atomic E-state index is -1.48. The monoisotopic (exact) mass is 415 g/mol. The summed E-state index contributed by atoms with van der Waals surface area (Å²) in [6, 6.07) is -0.426. The lowest BCUT2D eigenvalue weighted by atomic mass is 9.99. The number of nitrogens with two attached hydrogens (primary N) is 1. The molecule has 2 aliphatic rings. The van der Waals surface area contributed by atoms with Gasteiger partial charge in [-0.1, -0.05) is 0 Å². The molecule has 0 radical (unpaired) electrons. The predicted octanol–water partition coefficient (Wildman–Crippen LogP) is 3.12. The Morgan fingerprint density at radius 1 is 1.10 bits per heavy atom. The SMILES string of the molecule is CC(C)(C)OC(=O)N[C@H]1CCN(c2c(F)c(F)c(C(=O)ON)c(C3CC3)c2F)C1. The highest BCUT2D eigenvalue weighted by Gasteiger charge is 2.40. The third kappa shape index (κ3) is 4.42. The van der Waals surface area contributed by atoms with Crippen LogP contribution in [0.4, 0.5) is 23.7 Å². The van der Waals surface area contributed by atoms with Crippen molar-refractivity contribution in [3.8, 4) is 0 Å². The van der Waals surface area contributed by atoms with Gasteiger partial charge in [-0.15, -0.1) is 0 Å². The van der Waals surface area contributed by atoms with Crippen molar-refractivity contribution in [2.75, 3.05) is 18.0 Å². The summed E-state index contributed by atoms with van der Waals surface area (Å²) in [7, 11) is 0. The van der Waals surface area contributed by atoms with Crippen LogP contribution in [0.5, 0.6) is 0 Å². The number of nitrogens with zero attached hydrogens (tertiary/aromatic N) is 1. The quantitative estimate of drug-likeness (QED) is 0.580. The van der Waals surface area contributed by atoms with Gasteiger partial charge in [-0.05, 0) is 46.0 Å². The number of anilines is 1. The number of rotatable bonds is 4. The Kier molecular flexibility index (Phi) is 5.66. The summed E-state index contributed by atoms with van der Waals surface area (Å²) < 4.78 is 49.8. The van der Waals surface area contributed by atoms with Gasteiger partial charge in [0.2, 0.25) is 0 Å². The Bertz CT molecular complexity index is 837. The lowest BCUT2D eigenvalue weighted by Gasteiger charge is -2.24. The fraction of sp³-hybridized carbons (Fsp3) is 0.579. The molecule has 0 unspecified atom stereocenters. The van der Waals surface area contributed by atoms with Gasteiger partial charge in [0.25, 0.3) is 0 Å². The first-order valence-electron chi connectivity index (χ1n) is 9.39. The van der Waals surface area contributed by atoms with Crippen LogP contribution >= 0.6 is 0 Å². The van der Waals surface area contributed by atoms with Crippen LogP contribution in [0.3, 0.4) is 0 Å². The van der Waals surface area contributed by atoms with E-state index in [4.69, 9.17) is 10.6 Å². The summed E-state index contributed by atoms with van der Waals surface area (Å²) >= 11 is 0. The van der Waals surface area contributed by atoms with E-state index in [-0.39, 0.29) is 18.7 Å². The maximum atomic E-state index is 15.2. The Balaban J connectivity index is 1.86. The van der Waals surface area contributed by atoms with Crippen LogP contribution < -0.4 is 16.1 Å². The molecule has 0 spiro atoms. The number of carbonyl (C=O) groups is 2. The molecule has 3 rings (SSSR count). The summed E-state index contributed by atoms with van der Waals surface area (Å²) in [6.07, 6.45) is 0.853. The second kappa shape index (κ2) is 7.74. The molecule has 160 valence electrons. The zero-order valence-electron chi connectivity index (χ0n) is 16.5. The third-order valence-electron chi connectivity index (χ3n) is 4.86. The van der Waals surface area contributed by atoms with E-state index in [0.29, 0.717) is 19.3 Å². The van der Waals surface area contributed by atoms with Crippen LogP contribution in [-0.2, 0) is 9.57 Å². The molecule has 0 bridgehead atoms. The molecule has 1 aromatic rings. The van der Waals surface area contributed by atoms with Crippen LogP contribution in [0.15, 0.2) is 0 Å². The average Bonchev–Trinajstić information content (AvgIpc) is 3.35. The second-order valence-electron chi connectivity index (χ2n) is 8.34. The smallest absolute Gasteiger partial charge is 0.407 e. The zero-order valence-corrected chi connectivity index (χ0v) is 16.5. The van der Waals surface area contributed by atoms with Crippen molar-refractivity contribution in [3.63, 3.8) is 0 Å². The summed E-state index contributed by atoms with van der Waals surface area (Å²) in [4.78, 5) is 29.1. The van der Waals surface area contributed by atoms with Gasteiger partial charge in [0.05, 0.1) is 6.04 Å². The molecule has 1 amide bonds. The van der Waals surface area contributed by atoms with Crippen LogP contribution in [-0.4, -0.2) is 36.8 Å². The van der Waals surface area contributed by atoms with Crippen molar-refractivity contribution in [1.29, 1.82) is 0 Å². The Hall–Kier alpha value is -2.49. The van der Waals surface area contributed by atoms with E-state index >= 15 is 4.39 Å². The first-order chi connectivity index (χ1) is 13.5. The Morgan fingerprint density at radius 2 is 1.76 bits per heavy atom. The van der Waals surface area contributed by atoms with Crippen molar-refractivity contribution in [1.82, 2.24) is 5.32 Å². The van der Waals surface area contributed by atoms with Gasteiger partial charge in [0.15, 0.2) is 17.5 Å². The largest absolute Gasteiger partial charge is 0.444 e. The lowest BCUT2D eigenvalue weighted by Crippen LogP contribution is -2.40. The van der Waals surface area contributed by atoms with Crippen LogP contribution in [0, 0.1) is 17.5 Å². The highest BCUT2D eigenvalue weighted by Crippen LogP contribution is 2.47. The summed E-state index contributed by atoms with van der Waals surface area (Å²) in [5.41, 5.74) is -2.24. The molecule has 29 heavy (non-hydrogen) atoms. The molecule has 7 nitrogen and oxygen atoms in total. The molecule has 1 saturated carbocycles. The van der Waals surface area contributed by atoms with E-state index < -0.39 is 58.3 Å². The molecule has 1 atom stereocenters. The van der Waals surface area contributed by atoms with Crippen molar-refractivity contribution >= 4 is 17.7 Å². The van der Waals surface area contributed by atoms with Crippen molar-refractivity contribution < 1.29 is 32.3 Å². The number of alkyl carbamates (subject to hydrolysis) is 1. The Morgan fingerprint density at radius 3 is 2.31 bits per heavy atom. The number of amides is 1. The van der Waals surface area contributed by atoms with Crippen molar-refractivity contribution in [2.45, 2.75) is 57.6 Å². The maximum absolute atomic E-state index is 15.2. The first kappa shape index (κ1) is 21.2. The van der Waals surface area contributed by atoms with Gasteiger partial charge in [0, 0.05) is 18.7 Å². The number of ether oxygens (including phenoxy) is 1. The third-order valence-corrected chi connectivity index (χ3v) is 4.86. The maximum Gasteiger partial charge on any atom is 0.407 e. The van der Waals surface area contributed by atoms with Crippen LogP contribution in [0.1, 0.15) is 61.9 Å². The number of hydrogen-bond donors (Lipinski definition) is 2. The fourth-order valence-corrected chi connectivity index (χ4v) is 3.51. The molecule has 1 saturated heterocycles. The van der Waals surface area contributed by atoms with Gasteiger partial charge in [-0.2, -0.15) is 5.90 Å². The highest BCUT2D eigenvalue weighted by atomic mass is 19.2. The summed E-state index contributed by atoms with van der Waals surface area (Å²) in [6.45, 7) is 5.41. The molecule has 0 aromatic heterocycles. The minimum Gasteiger partial charge on any atom is -0.444 e. The predicted molar refractivity (Wildman–Crippen MR) is 97.9 cm³/mol. The van der Waals surface area contributed by atoms with Gasteiger partial charge in [-0.25, -0.2) is 22.8 Å². The average molecular weight is 415 g/mol. The molecule has 1 aromatic carbocycles. The van der Waals surface area contributed by atoms with Gasteiger partial charge in [0.1, 0.15) is 16.9 Å². The normalized spacial score (nSPS) is 19.3. The van der Waals surface area contributed by atoms with Crippen molar-refractivity contribution in [3.05, 3.63) is 28.6 Å². The standard InChI is InChI=1S/C19H24F3N3O4/c1-19(2,3)28-18(27)24-10-6-7-25(8-10)16-14(21)11(9-4-5-9)12(17(26)29-23)13(20)15(16)22/h9-10H,4-8,23H2,1-3H3,(H,24,27)/t10-/m0/s1. The van der Waals surface area contributed by atoms with E-state index in [1.165, 1.54) is 4.90 Å². The summed E-state index contributed by atoms with van der Waals surface area (Å²) in [5.74, 6) is -0.866. The lowest BCUT2D eigenvalue weighted by molar-refractivity contribution is 0.0489. The van der Waals surface area contributed by atoms with Gasteiger partial charge in [-0.3, -0.25) is 0 Å². The van der Waals surface area contributed by atoms with Crippen LogP contribution in [0.25, 0.3) is 0 Å². The van der Waals surface area contributed by atoms with Gasteiger partial charge >= 0.3 is 12.1 Å². The van der Waals surface area contributed by atoms with E-state index in [9.17, 15) is 18.4 Å². The molecular weight excluding hydrogens is 391 g/mol. The number of carbonyl (C=O) groups excluding carboxylic acids is 2. The first-order valence-corrected chi connectivity index (χ1v) is 9.39. The molecule has 1 heterocycles. The number of benzene rings is 1. The van der Waals surface area contributed by atoms with E-state index in [2.05, 4.69) is 10.2 Å². The molecule has 2 fully saturated rings. The number of hydrogen-bond acceptors (Lipinski definition) is 6. The van der Waals surface area contributed by atoms with E-state index in [0.717, 1.165) is 0 Å². The number of halogens is 3. The second-order valence-corrected chi connectivity index (χ2v) is 8.34. The molecule has 1 aliphatic heterocycles.